The van der Waals surface area contributed by atoms with Crippen molar-refractivity contribution in [1.82, 2.24) is 20.4 Å². The van der Waals surface area contributed by atoms with E-state index in [9.17, 15) is 4.79 Å². The molecule has 2 aliphatic heterocycles. The maximum absolute atomic E-state index is 12.6. The van der Waals surface area contributed by atoms with Crippen molar-refractivity contribution in [2.45, 2.75) is 52.0 Å². The fourth-order valence-corrected chi connectivity index (χ4v) is 4.72. The molecule has 2 N–H and O–H groups in total. The zero-order valence-electron chi connectivity index (χ0n) is 20.5. The Morgan fingerprint density at radius 3 is 2.70 bits per heavy atom. The molecule has 2 fully saturated rings. The topological polar surface area (TPSA) is 69.2 Å². The van der Waals surface area contributed by atoms with Crippen LogP contribution < -0.4 is 15.4 Å². The van der Waals surface area contributed by atoms with Crippen molar-refractivity contribution in [3.8, 4) is 5.75 Å². The van der Waals surface area contributed by atoms with Gasteiger partial charge in [-0.1, -0.05) is 19.1 Å². The number of guanidine groups is 1. The molecule has 1 amide bonds. The third kappa shape index (κ3) is 8.63. The molecule has 0 radical (unpaired) electrons. The molecule has 1 aromatic carbocycles. The number of halogens is 1. The molecule has 0 saturated carbocycles. The van der Waals surface area contributed by atoms with E-state index in [4.69, 9.17) is 9.73 Å². The summed E-state index contributed by atoms with van der Waals surface area (Å²) in [4.78, 5) is 22.0. The number of piperidine rings is 1. The molecular weight excluding hydrogens is 529 g/mol. The number of benzene rings is 1. The van der Waals surface area contributed by atoms with Gasteiger partial charge in [-0.05, 0) is 69.3 Å². The van der Waals surface area contributed by atoms with Gasteiger partial charge in [-0.2, -0.15) is 0 Å². The third-order valence-electron chi connectivity index (χ3n) is 6.47. The second-order valence-electron chi connectivity index (χ2n) is 9.02. The normalized spacial score (nSPS) is 20.2. The zero-order valence-corrected chi connectivity index (χ0v) is 22.8. The average molecular weight is 572 g/mol. The fraction of sp³-hybridized carbons (Fsp3) is 0.680. The number of methoxy groups -OCH3 is 1. The Hall–Kier alpha value is -1.55. The standard InChI is InChI=1S/C25H41N5O2.HI/c1-4-26-25(27-13-12-24(31)30-16-8-9-20(2)19-30)28-18-23(29-14-5-6-15-29)21-10-7-11-22(17-21)32-3;/h7,10-11,17,20,23H,4-6,8-9,12-16,18-19H2,1-3H3,(H2,26,27,28);1H. The molecule has 2 heterocycles. The molecule has 0 aliphatic carbocycles. The Labute approximate surface area is 216 Å². The highest BCUT2D eigenvalue weighted by Gasteiger charge is 2.24. The summed E-state index contributed by atoms with van der Waals surface area (Å²) >= 11 is 0. The van der Waals surface area contributed by atoms with Crippen molar-refractivity contribution in [2.24, 2.45) is 10.9 Å². The van der Waals surface area contributed by atoms with Gasteiger partial charge in [0.15, 0.2) is 5.96 Å². The van der Waals surface area contributed by atoms with E-state index >= 15 is 0 Å². The molecule has 0 aromatic heterocycles. The SMILES string of the molecule is CCNC(=NCC(c1cccc(OC)c1)N1CCCC1)NCCC(=O)N1CCCC(C)C1.I. The molecule has 0 spiro atoms. The summed E-state index contributed by atoms with van der Waals surface area (Å²) in [5.41, 5.74) is 1.24. The van der Waals surface area contributed by atoms with Crippen LogP contribution in [0.1, 0.15) is 57.6 Å². The Morgan fingerprint density at radius 2 is 2.00 bits per heavy atom. The smallest absolute Gasteiger partial charge is 0.224 e. The molecule has 7 nitrogen and oxygen atoms in total. The number of nitrogens with one attached hydrogen (secondary N) is 2. The lowest BCUT2D eigenvalue weighted by molar-refractivity contribution is -0.132. The van der Waals surface area contributed by atoms with E-state index in [0.717, 1.165) is 50.9 Å². The van der Waals surface area contributed by atoms with Crippen molar-refractivity contribution in [1.29, 1.82) is 0 Å². The van der Waals surface area contributed by atoms with E-state index in [1.54, 1.807) is 7.11 Å². The van der Waals surface area contributed by atoms with Gasteiger partial charge in [0.2, 0.25) is 5.91 Å². The zero-order chi connectivity index (χ0) is 22.8. The molecule has 3 rings (SSSR count). The molecule has 2 saturated heterocycles. The lowest BCUT2D eigenvalue weighted by Crippen LogP contribution is -2.42. The maximum Gasteiger partial charge on any atom is 0.224 e. The van der Waals surface area contributed by atoms with Crippen LogP contribution in [-0.4, -0.2) is 74.6 Å². The van der Waals surface area contributed by atoms with Crippen molar-refractivity contribution >= 4 is 35.8 Å². The number of hydrogen-bond acceptors (Lipinski definition) is 4. The summed E-state index contributed by atoms with van der Waals surface area (Å²) in [5.74, 6) is 2.51. The fourth-order valence-electron chi connectivity index (χ4n) is 4.72. The maximum atomic E-state index is 12.6. The number of nitrogens with zero attached hydrogens (tertiary/aromatic N) is 3. The second kappa shape index (κ2) is 14.7. The van der Waals surface area contributed by atoms with Crippen LogP contribution >= 0.6 is 24.0 Å². The van der Waals surface area contributed by atoms with Gasteiger partial charge in [-0.3, -0.25) is 14.7 Å². The molecule has 33 heavy (non-hydrogen) atoms. The highest BCUT2D eigenvalue weighted by Crippen LogP contribution is 2.28. The summed E-state index contributed by atoms with van der Waals surface area (Å²) in [7, 11) is 1.71. The largest absolute Gasteiger partial charge is 0.497 e. The number of hydrogen-bond donors (Lipinski definition) is 2. The van der Waals surface area contributed by atoms with Gasteiger partial charge < -0.3 is 20.3 Å². The predicted octanol–water partition coefficient (Wildman–Crippen LogP) is 3.65. The minimum absolute atomic E-state index is 0. The van der Waals surface area contributed by atoms with Crippen LogP contribution in [0.5, 0.6) is 5.75 Å². The number of carbonyl (C=O) groups excluding carboxylic acids is 1. The van der Waals surface area contributed by atoms with E-state index < -0.39 is 0 Å². The Balaban J connectivity index is 0.00000385. The van der Waals surface area contributed by atoms with E-state index in [1.165, 1.54) is 24.8 Å². The second-order valence-corrected chi connectivity index (χ2v) is 9.02. The number of aliphatic imine (C=N–C) groups is 1. The first kappa shape index (κ1) is 27.7. The number of ether oxygens (including phenoxy) is 1. The van der Waals surface area contributed by atoms with Crippen LogP contribution in [-0.2, 0) is 4.79 Å². The highest BCUT2D eigenvalue weighted by molar-refractivity contribution is 14.0. The van der Waals surface area contributed by atoms with Crippen molar-refractivity contribution in [3.05, 3.63) is 29.8 Å². The number of amides is 1. The first-order valence-electron chi connectivity index (χ1n) is 12.3. The lowest BCUT2D eigenvalue weighted by Gasteiger charge is -2.31. The Bertz CT molecular complexity index is 754. The van der Waals surface area contributed by atoms with E-state index in [-0.39, 0.29) is 35.9 Å². The molecular formula is C25H42IN5O2. The minimum Gasteiger partial charge on any atom is -0.497 e. The van der Waals surface area contributed by atoms with Gasteiger partial charge >= 0.3 is 0 Å². The Kier molecular flexibility index (Phi) is 12.3. The number of carbonyl (C=O) groups is 1. The lowest BCUT2D eigenvalue weighted by atomic mass is 10.00. The van der Waals surface area contributed by atoms with Crippen molar-refractivity contribution in [3.63, 3.8) is 0 Å². The van der Waals surface area contributed by atoms with E-state index in [2.05, 4.69) is 47.6 Å². The third-order valence-corrected chi connectivity index (χ3v) is 6.47. The van der Waals surface area contributed by atoms with Crippen LogP contribution in [0.2, 0.25) is 0 Å². The van der Waals surface area contributed by atoms with Crippen LogP contribution in [0.15, 0.2) is 29.3 Å². The first-order valence-corrected chi connectivity index (χ1v) is 12.3. The van der Waals surface area contributed by atoms with Gasteiger partial charge in [0.1, 0.15) is 5.75 Å². The van der Waals surface area contributed by atoms with Crippen LogP contribution in [0.4, 0.5) is 0 Å². The van der Waals surface area contributed by atoms with Crippen LogP contribution in [0, 0.1) is 5.92 Å². The van der Waals surface area contributed by atoms with Crippen LogP contribution in [0.3, 0.4) is 0 Å². The highest BCUT2D eigenvalue weighted by atomic mass is 127. The summed E-state index contributed by atoms with van der Waals surface area (Å²) in [6.45, 7) is 10.3. The van der Waals surface area contributed by atoms with Crippen molar-refractivity contribution in [2.75, 3.05) is 52.9 Å². The molecule has 2 aliphatic rings. The predicted molar refractivity (Wildman–Crippen MR) is 146 cm³/mol. The molecule has 1 aromatic rings. The molecule has 186 valence electrons. The monoisotopic (exact) mass is 571 g/mol. The number of likely N-dealkylation sites (tertiary alicyclic amines) is 2. The summed E-state index contributed by atoms with van der Waals surface area (Å²) in [5, 5.41) is 6.70. The van der Waals surface area contributed by atoms with Crippen LogP contribution in [0.25, 0.3) is 0 Å². The summed E-state index contributed by atoms with van der Waals surface area (Å²) in [6.07, 6.45) is 5.32. The van der Waals surface area contributed by atoms with Gasteiger partial charge in [-0.25, -0.2) is 0 Å². The van der Waals surface area contributed by atoms with Gasteiger partial charge in [0.25, 0.3) is 0 Å². The summed E-state index contributed by atoms with van der Waals surface area (Å²) < 4.78 is 5.45. The van der Waals surface area contributed by atoms with E-state index in [0.29, 0.717) is 25.4 Å². The number of rotatable bonds is 9. The quantitative estimate of drug-likeness (QED) is 0.269. The van der Waals surface area contributed by atoms with Crippen molar-refractivity contribution < 1.29 is 9.53 Å². The molecule has 8 heteroatoms. The first-order chi connectivity index (χ1) is 15.6. The molecule has 2 unspecified atom stereocenters. The minimum atomic E-state index is 0. The Morgan fingerprint density at radius 1 is 1.21 bits per heavy atom. The van der Waals surface area contributed by atoms with Gasteiger partial charge in [-0.15, -0.1) is 24.0 Å². The van der Waals surface area contributed by atoms with E-state index in [1.807, 2.05) is 11.0 Å². The van der Waals surface area contributed by atoms with Gasteiger partial charge in [0.05, 0.1) is 19.7 Å². The van der Waals surface area contributed by atoms with Gasteiger partial charge in [0, 0.05) is 32.6 Å². The molecule has 2 atom stereocenters. The average Bonchev–Trinajstić information content (AvgIpc) is 3.34. The molecule has 0 bridgehead atoms. The summed E-state index contributed by atoms with van der Waals surface area (Å²) in [6, 6.07) is 8.55.